The zero-order valence-electron chi connectivity index (χ0n) is 19.8. The van der Waals surface area contributed by atoms with Crippen LogP contribution in [0.15, 0.2) is 41.4 Å². The Hall–Kier alpha value is -3.40. The van der Waals surface area contributed by atoms with Crippen LogP contribution in [0.4, 0.5) is 17.1 Å². The summed E-state index contributed by atoms with van der Waals surface area (Å²) < 4.78 is 5.17. The number of nitrogens with one attached hydrogen (secondary N) is 1. The third-order valence-corrected chi connectivity index (χ3v) is 6.36. The predicted octanol–water partition coefficient (Wildman–Crippen LogP) is 4.84. The average Bonchev–Trinajstić information content (AvgIpc) is 3.04. The van der Waals surface area contributed by atoms with Crippen LogP contribution in [0.25, 0.3) is 0 Å². The molecule has 180 valence electrons. The van der Waals surface area contributed by atoms with Gasteiger partial charge in [0.25, 0.3) is 5.69 Å². The number of thioether (sulfide) groups is 1. The van der Waals surface area contributed by atoms with Gasteiger partial charge in [0.1, 0.15) is 11.0 Å². The fourth-order valence-electron chi connectivity index (χ4n) is 3.47. The first kappa shape index (κ1) is 25.2. The van der Waals surface area contributed by atoms with Crippen molar-refractivity contribution in [3.63, 3.8) is 0 Å². The second kappa shape index (κ2) is 10.7. The van der Waals surface area contributed by atoms with Crippen molar-refractivity contribution >= 4 is 45.8 Å². The van der Waals surface area contributed by atoms with Gasteiger partial charge in [-0.25, -0.2) is 4.99 Å². The van der Waals surface area contributed by atoms with E-state index in [1.165, 1.54) is 37.1 Å². The van der Waals surface area contributed by atoms with Gasteiger partial charge in [0, 0.05) is 19.0 Å². The number of carbonyl (C=O) groups excluding carboxylic acids is 2. The van der Waals surface area contributed by atoms with E-state index in [9.17, 15) is 19.7 Å². The second-order valence-electron chi connectivity index (χ2n) is 8.53. The molecule has 9 nitrogen and oxygen atoms in total. The van der Waals surface area contributed by atoms with Crippen LogP contribution in [0.2, 0.25) is 0 Å². The highest BCUT2D eigenvalue weighted by molar-refractivity contribution is 8.15. The number of nitro benzene ring substituents is 1. The van der Waals surface area contributed by atoms with Crippen LogP contribution in [-0.2, 0) is 9.59 Å². The largest absolute Gasteiger partial charge is 0.494 e. The summed E-state index contributed by atoms with van der Waals surface area (Å²) in [5.41, 5.74) is 3.03. The topological polar surface area (TPSA) is 114 Å². The highest BCUT2D eigenvalue weighted by Crippen LogP contribution is 2.34. The highest BCUT2D eigenvalue weighted by Gasteiger charge is 2.39. The molecule has 10 heteroatoms. The molecular formula is C24H28N4O5S. The summed E-state index contributed by atoms with van der Waals surface area (Å²) in [6.07, 6.45) is -0.0654. The molecule has 34 heavy (non-hydrogen) atoms. The molecule has 1 atom stereocenters. The number of amidine groups is 1. The average molecular weight is 485 g/mol. The molecule has 1 aliphatic heterocycles. The number of ether oxygens (including phenoxy) is 1. The Morgan fingerprint density at radius 3 is 2.65 bits per heavy atom. The van der Waals surface area contributed by atoms with Gasteiger partial charge in [0.05, 0.1) is 29.5 Å². The number of carbonyl (C=O) groups is 2. The third-order valence-electron chi connectivity index (χ3n) is 5.19. The van der Waals surface area contributed by atoms with Gasteiger partial charge in [-0.3, -0.25) is 24.6 Å². The van der Waals surface area contributed by atoms with Gasteiger partial charge < -0.3 is 10.1 Å². The Morgan fingerprint density at radius 2 is 2.00 bits per heavy atom. The maximum absolute atomic E-state index is 13.2. The quantitative estimate of drug-likeness (QED) is 0.424. The lowest BCUT2D eigenvalue weighted by molar-refractivity contribution is -0.384. The van der Waals surface area contributed by atoms with E-state index in [0.717, 1.165) is 16.8 Å². The van der Waals surface area contributed by atoms with Crippen molar-refractivity contribution in [2.24, 2.45) is 10.9 Å². The number of benzene rings is 2. The number of non-ortho nitro benzene ring substituents is 1. The molecule has 1 N–H and O–H groups in total. The van der Waals surface area contributed by atoms with Crippen LogP contribution in [0.5, 0.6) is 5.75 Å². The number of amides is 2. The number of aryl methyl sites for hydroxylation is 2. The molecule has 2 aromatic rings. The molecule has 0 saturated carbocycles. The number of aliphatic imine (C=N–C) groups is 1. The lowest BCUT2D eigenvalue weighted by atomic mass is 10.1. The first-order valence-corrected chi connectivity index (χ1v) is 11.7. The van der Waals surface area contributed by atoms with Gasteiger partial charge in [-0.05, 0) is 43.0 Å². The van der Waals surface area contributed by atoms with Crippen LogP contribution >= 0.6 is 11.8 Å². The molecular weight excluding hydrogens is 456 g/mol. The van der Waals surface area contributed by atoms with E-state index in [1.54, 1.807) is 4.90 Å². The number of nitro groups is 1. The molecule has 0 bridgehead atoms. The number of rotatable bonds is 8. The maximum atomic E-state index is 13.2. The highest BCUT2D eigenvalue weighted by atomic mass is 32.2. The van der Waals surface area contributed by atoms with Crippen LogP contribution in [0.1, 0.15) is 31.4 Å². The summed E-state index contributed by atoms with van der Waals surface area (Å²) >= 11 is 1.28. The minimum absolute atomic E-state index is 0.0654. The molecule has 3 rings (SSSR count). The standard InChI is InChI=1S/C24H28N4O5S/c1-14(2)13-27-23(30)21(34-24(27)26-19-10-15(3)6-7-16(19)4)12-22(29)25-18-9-8-17(28(31)32)11-20(18)33-5/h6-11,14,21H,12-13H2,1-5H3,(H,25,29). The molecule has 0 aliphatic carbocycles. The summed E-state index contributed by atoms with van der Waals surface area (Å²) in [5, 5.41) is 13.6. The zero-order chi connectivity index (χ0) is 25.0. The summed E-state index contributed by atoms with van der Waals surface area (Å²) in [7, 11) is 1.37. The Morgan fingerprint density at radius 1 is 1.26 bits per heavy atom. The first-order valence-electron chi connectivity index (χ1n) is 10.8. The van der Waals surface area contributed by atoms with Gasteiger partial charge in [-0.2, -0.15) is 0 Å². The van der Waals surface area contributed by atoms with Crippen molar-refractivity contribution in [1.29, 1.82) is 0 Å². The summed E-state index contributed by atoms with van der Waals surface area (Å²) in [6, 6.07) is 9.92. The Labute approximate surface area is 202 Å². The van der Waals surface area contributed by atoms with Crippen molar-refractivity contribution < 1.29 is 19.2 Å². The summed E-state index contributed by atoms with van der Waals surface area (Å²) in [6.45, 7) is 8.50. The molecule has 2 aromatic carbocycles. The number of methoxy groups -OCH3 is 1. The summed E-state index contributed by atoms with van der Waals surface area (Å²) in [5.74, 6) is -0.152. The van der Waals surface area contributed by atoms with Crippen LogP contribution in [-0.4, -0.2) is 45.7 Å². The van der Waals surface area contributed by atoms with Gasteiger partial charge in [-0.1, -0.05) is 37.7 Å². The molecule has 0 aromatic heterocycles. The minimum atomic E-state index is -0.619. The van der Waals surface area contributed by atoms with Gasteiger partial charge in [0.15, 0.2) is 5.17 Å². The normalized spacial score (nSPS) is 16.9. The van der Waals surface area contributed by atoms with Gasteiger partial charge in [-0.15, -0.1) is 0 Å². The predicted molar refractivity (Wildman–Crippen MR) is 134 cm³/mol. The Kier molecular flexibility index (Phi) is 7.93. The molecule has 1 aliphatic rings. The van der Waals surface area contributed by atoms with E-state index < -0.39 is 16.1 Å². The van der Waals surface area contributed by atoms with Crippen molar-refractivity contribution in [2.45, 2.75) is 39.4 Å². The minimum Gasteiger partial charge on any atom is -0.494 e. The van der Waals surface area contributed by atoms with Crippen LogP contribution in [0.3, 0.4) is 0 Å². The number of hydrogen-bond acceptors (Lipinski definition) is 7. The third kappa shape index (κ3) is 5.93. The van der Waals surface area contributed by atoms with Crippen molar-refractivity contribution in [2.75, 3.05) is 19.0 Å². The van der Waals surface area contributed by atoms with Crippen molar-refractivity contribution in [3.05, 3.63) is 57.6 Å². The number of hydrogen-bond donors (Lipinski definition) is 1. The van der Waals surface area contributed by atoms with Gasteiger partial charge in [0.2, 0.25) is 11.8 Å². The Balaban J connectivity index is 1.80. The van der Waals surface area contributed by atoms with Crippen LogP contribution in [0, 0.1) is 29.9 Å². The lowest BCUT2D eigenvalue weighted by Crippen LogP contribution is -2.36. The zero-order valence-corrected chi connectivity index (χ0v) is 20.6. The summed E-state index contributed by atoms with van der Waals surface area (Å²) in [4.78, 5) is 42.8. The molecule has 0 spiro atoms. The van der Waals surface area contributed by atoms with Gasteiger partial charge >= 0.3 is 0 Å². The van der Waals surface area contributed by atoms with E-state index in [-0.39, 0.29) is 29.7 Å². The SMILES string of the molecule is COc1cc([N+](=O)[O-])ccc1NC(=O)CC1SC(=Nc2cc(C)ccc2C)N(CC(C)C)C1=O. The number of nitrogens with zero attached hydrogens (tertiary/aromatic N) is 3. The van der Waals surface area contributed by atoms with Crippen molar-refractivity contribution in [3.8, 4) is 5.75 Å². The maximum Gasteiger partial charge on any atom is 0.273 e. The fourth-order valence-corrected chi connectivity index (χ4v) is 4.63. The van der Waals surface area contributed by atoms with E-state index >= 15 is 0 Å². The lowest BCUT2D eigenvalue weighted by Gasteiger charge is -2.19. The van der Waals surface area contributed by atoms with Crippen LogP contribution < -0.4 is 10.1 Å². The molecule has 1 fully saturated rings. The molecule has 1 saturated heterocycles. The van der Waals surface area contributed by atoms with E-state index in [1.807, 2.05) is 45.9 Å². The van der Waals surface area contributed by atoms with E-state index in [0.29, 0.717) is 17.4 Å². The monoisotopic (exact) mass is 484 g/mol. The molecule has 0 radical (unpaired) electrons. The smallest absolute Gasteiger partial charge is 0.273 e. The first-order chi connectivity index (χ1) is 16.1. The molecule has 2 amide bonds. The molecule has 1 heterocycles. The van der Waals surface area contributed by atoms with E-state index in [4.69, 9.17) is 9.73 Å². The molecule has 1 unspecified atom stereocenters. The van der Waals surface area contributed by atoms with E-state index in [2.05, 4.69) is 5.32 Å². The fraction of sp³-hybridized carbons (Fsp3) is 0.375. The van der Waals surface area contributed by atoms with Crippen molar-refractivity contribution in [1.82, 2.24) is 4.90 Å². The second-order valence-corrected chi connectivity index (χ2v) is 9.70. The number of anilines is 1. The Bertz CT molecular complexity index is 1150.